The van der Waals surface area contributed by atoms with Crippen LogP contribution in [0.2, 0.25) is 0 Å². The van der Waals surface area contributed by atoms with Gasteiger partial charge in [0.15, 0.2) is 0 Å². The maximum Gasteiger partial charge on any atom is 0.268 e. The quantitative estimate of drug-likeness (QED) is 0.784. The zero-order valence-corrected chi connectivity index (χ0v) is 11.8. The Kier molecular flexibility index (Phi) is 4.77. The molecule has 3 N–H and O–H groups in total. The number of aryl methyl sites for hydroxylation is 1. The normalized spacial score (nSPS) is 11.9. The molecule has 0 bridgehead atoms. The average Bonchev–Trinajstić information content (AvgIpc) is 2.46. The van der Waals surface area contributed by atoms with Crippen molar-refractivity contribution in [3.63, 3.8) is 0 Å². The number of carbonyl (C=O) groups excluding carboxylic acids is 1. The number of rotatable bonds is 5. The monoisotopic (exact) mass is 286 g/mol. The highest BCUT2D eigenvalue weighted by Crippen LogP contribution is 2.12. The molecule has 5 nitrogen and oxygen atoms in total. The van der Waals surface area contributed by atoms with Crippen LogP contribution < -0.4 is 10.9 Å². The summed E-state index contributed by atoms with van der Waals surface area (Å²) in [5, 5.41) is 12.1. The van der Waals surface area contributed by atoms with Crippen LogP contribution in [0.25, 0.3) is 0 Å². The molecule has 0 fully saturated rings. The molecule has 1 amide bonds. The van der Waals surface area contributed by atoms with Crippen LogP contribution in [0.5, 0.6) is 5.75 Å². The van der Waals surface area contributed by atoms with Gasteiger partial charge in [-0.25, -0.2) is 0 Å². The molecule has 0 saturated heterocycles. The lowest BCUT2D eigenvalue weighted by atomic mass is 10.1. The topological polar surface area (TPSA) is 82.2 Å². The Bertz CT molecular complexity index is 662. The second-order valence-corrected chi connectivity index (χ2v) is 5.01. The molecule has 110 valence electrons. The summed E-state index contributed by atoms with van der Waals surface area (Å²) in [6, 6.07) is 11.5. The average molecular weight is 286 g/mol. The molecule has 2 aromatic rings. The summed E-state index contributed by atoms with van der Waals surface area (Å²) in [6.07, 6.45) is 1.57. The fourth-order valence-electron chi connectivity index (χ4n) is 2.00. The third kappa shape index (κ3) is 4.49. The van der Waals surface area contributed by atoms with Crippen LogP contribution in [0.4, 0.5) is 0 Å². The molecule has 0 aliphatic carbocycles. The molecule has 1 unspecified atom stereocenters. The number of nitrogens with one attached hydrogen (secondary N) is 2. The van der Waals surface area contributed by atoms with Gasteiger partial charge < -0.3 is 15.4 Å². The number of hydrogen-bond acceptors (Lipinski definition) is 3. The first kappa shape index (κ1) is 14.8. The van der Waals surface area contributed by atoms with Crippen LogP contribution in [0.3, 0.4) is 0 Å². The summed E-state index contributed by atoms with van der Waals surface area (Å²) < 4.78 is 0. The number of carbonyl (C=O) groups is 1. The van der Waals surface area contributed by atoms with E-state index in [4.69, 9.17) is 0 Å². The number of amides is 1. The lowest BCUT2D eigenvalue weighted by Gasteiger charge is -2.13. The SMILES string of the molecule is CC(CCc1ccc(O)cc1)NC(=O)c1cccc(=O)[nH]1. The highest BCUT2D eigenvalue weighted by molar-refractivity contribution is 5.92. The third-order valence-corrected chi connectivity index (χ3v) is 3.19. The van der Waals surface area contributed by atoms with E-state index in [1.807, 2.05) is 19.1 Å². The molecule has 1 heterocycles. The van der Waals surface area contributed by atoms with Gasteiger partial charge in [-0.15, -0.1) is 0 Å². The van der Waals surface area contributed by atoms with Crippen molar-refractivity contribution in [3.05, 3.63) is 64.1 Å². The van der Waals surface area contributed by atoms with E-state index >= 15 is 0 Å². The number of phenols is 1. The summed E-state index contributed by atoms with van der Waals surface area (Å²) >= 11 is 0. The minimum Gasteiger partial charge on any atom is -0.508 e. The molecule has 0 aliphatic rings. The van der Waals surface area contributed by atoms with Crippen LogP contribution in [0.1, 0.15) is 29.4 Å². The van der Waals surface area contributed by atoms with Crippen LogP contribution in [0.15, 0.2) is 47.3 Å². The summed E-state index contributed by atoms with van der Waals surface area (Å²) in [5.74, 6) is -0.0426. The van der Waals surface area contributed by atoms with Crippen LogP contribution in [0, 0.1) is 0 Å². The number of H-pyrrole nitrogens is 1. The predicted octanol–water partition coefficient (Wildman–Crippen LogP) is 1.83. The number of aromatic nitrogens is 1. The van der Waals surface area contributed by atoms with Gasteiger partial charge in [-0.1, -0.05) is 18.2 Å². The number of phenolic OH excluding ortho intramolecular Hbond substituents is 1. The molecular formula is C16H18N2O3. The molecule has 21 heavy (non-hydrogen) atoms. The van der Waals surface area contributed by atoms with Crippen molar-refractivity contribution in [2.24, 2.45) is 0 Å². The minimum absolute atomic E-state index is 0.0185. The molecule has 5 heteroatoms. The first-order chi connectivity index (χ1) is 10.0. The Morgan fingerprint density at radius 3 is 2.62 bits per heavy atom. The Morgan fingerprint density at radius 1 is 1.24 bits per heavy atom. The fraction of sp³-hybridized carbons (Fsp3) is 0.250. The summed E-state index contributed by atoms with van der Waals surface area (Å²) in [5.41, 5.74) is 1.07. The minimum atomic E-state index is -0.292. The number of aromatic hydroxyl groups is 1. The number of hydrogen-bond donors (Lipinski definition) is 3. The van der Waals surface area contributed by atoms with Crippen LogP contribution >= 0.6 is 0 Å². The van der Waals surface area contributed by atoms with Crippen molar-refractivity contribution < 1.29 is 9.90 Å². The van der Waals surface area contributed by atoms with Gasteiger partial charge in [0.2, 0.25) is 5.56 Å². The van der Waals surface area contributed by atoms with Crippen LogP contribution in [-0.4, -0.2) is 22.0 Å². The second-order valence-electron chi connectivity index (χ2n) is 5.01. The lowest BCUT2D eigenvalue weighted by molar-refractivity contribution is 0.0933. The number of aromatic amines is 1. The van der Waals surface area contributed by atoms with E-state index in [-0.39, 0.29) is 29.0 Å². The molecule has 0 aliphatic heterocycles. The van der Waals surface area contributed by atoms with Gasteiger partial charge in [0.25, 0.3) is 5.91 Å². The number of benzene rings is 1. The molecular weight excluding hydrogens is 268 g/mol. The van der Waals surface area contributed by atoms with Gasteiger partial charge in [0.1, 0.15) is 11.4 Å². The zero-order chi connectivity index (χ0) is 15.2. The zero-order valence-electron chi connectivity index (χ0n) is 11.8. The maximum atomic E-state index is 11.9. The molecule has 1 atom stereocenters. The summed E-state index contributed by atoms with van der Waals surface area (Å²) in [6.45, 7) is 1.92. The Hall–Kier alpha value is -2.56. The predicted molar refractivity (Wildman–Crippen MR) is 80.4 cm³/mol. The van der Waals surface area contributed by atoms with Gasteiger partial charge in [-0.3, -0.25) is 9.59 Å². The Balaban J connectivity index is 1.86. The first-order valence-electron chi connectivity index (χ1n) is 6.83. The standard InChI is InChI=1S/C16H18N2O3/c1-11(5-6-12-7-9-13(19)10-8-12)17-16(21)14-3-2-4-15(20)18-14/h2-4,7-11,19H,5-6H2,1H3,(H,17,21)(H,18,20). The first-order valence-corrected chi connectivity index (χ1v) is 6.83. The molecule has 0 radical (unpaired) electrons. The van der Waals surface area contributed by atoms with Crippen molar-refractivity contribution in [3.8, 4) is 5.75 Å². The third-order valence-electron chi connectivity index (χ3n) is 3.19. The van der Waals surface area contributed by atoms with Gasteiger partial charge in [0, 0.05) is 12.1 Å². The van der Waals surface area contributed by atoms with Crippen molar-refractivity contribution >= 4 is 5.91 Å². The van der Waals surface area contributed by atoms with Gasteiger partial charge in [0.05, 0.1) is 0 Å². The Morgan fingerprint density at radius 2 is 1.95 bits per heavy atom. The largest absolute Gasteiger partial charge is 0.508 e. The molecule has 1 aromatic carbocycles. The summed E-state index contributed by atoms with van der Waals surface area (Å²) in [4.78, 5) is 25.6. The van der Waals surface area contributed by atoms with E-state index in [0.717, 1.165) is 18.4 Å². The van der Waals surface area contributed by atoms with E-state index in [1.165, 1.54) is 6.07 Å². The lowest BCUT2D eigenvalue weighted by Crippen LogP contribution is -2.34. The molecule has 0 saturated carbocycles. The van der Waals surface area contributed by atoms with E-state index in [9.17, 15) is 14.7 Å². The van der Waals surface area contributed by atoms with E-state index in [1.54, 1.807) is 24.3 Å². The molecule has 0 spiro atoms. The van der Waals surface area contributed by atoms with Crippen molar-refractivity contribution in [1.82, 2.24) is 10.3 Å². The van der Waals surface area contributed by atoms with E-state index in [0.29, 0.717) is 0 Å². The van der Waals surface area contributed by atoms with Gasteiger partial charge >= 0.3 is 0 Å². The van der Waals surface area contributed by atoms with Gasteiger partial charge in [-0.2, -0.15) is 0 Å². The van der Waals surface area contributed by atoms with E-state index in [2.05, 4.69) is 10.3 Å². The van der Waals surface area contributed by atoms with Crippen molar-refractivity contribution in [2.45, 2.75) is 25.8 Å². The van der Waals surface area contributed by atoms with E-state index < -0.39 is 0 Å². The highest BCUT2D eigenvalue weighted by Gasteiger charge is 2.10. The van der Waals surface area contributed by atoms with Crippen LogP contribution in [-0.2, 0) is 6.42 Å². The van der Waals surface area contributed by atoms with Crippen molar-refractivity contribution in [1.29, 1.82) is 0 Å². The van der Waals surface area contributed by atoms with Crippen molar-refractivity contribution in [2.75, 3.05) is 0 Å². The summed E-state index contributed by atoms with van der Waals surface area (Å²) in [7, 11) is 0. The second kappa shape index (κ2) is 6.74. The number of pyridine rings is 1. The highest BCUT2D eigenvalue weighted by atomic mass is 16.3. The smallest absolute Gasteiger partial charge is 0.268 e. The van der Waals surface area contributed by atoms with Gasteiger partial charge in [-0.05, 0) is 43.5 Å². The maximum absolute atomic E-state index is 11.9. The molecule has 2 rings (SSSR count). The fourth-order valence-corrected chi connectivity index (χ4v) is 2.00. The Labute approximate surface area is 122 Å². The molecule has 1 aromatic heterocycles.